The van der Waals surface area contributed by atoms with Crippen LogP contribution >= 0.6 is 11.6 Å². The molecule has 3 nitrogen and oxygen atoms in total. The zero-order valence-electron chi connectivity index (χ0n) is 11.2. The number of methoxy groups -OCH3 is 2. The van der Waals surface area contributed by atoms with Crippen LogP contribution in [0.15, 0.2) is 36.4 Å². The Balaban J connectivity index is 2.16. The first-order valence-electron chi connectivity index (χ1n) is 6.04. The van der Waals surface area contributed by atoms with Crippen molar-refractivity contribution in [1.29, 1.82) is 0 Å². The van der Waals surface area contributed by atoms with Crippen molar-refractivity contribution in [3.8, 4) is 11.5 Å². The average Bonchev–Trinajstić information content (AvgIpc) is 2.44. The minimum absolute atomic E-state index is 0.277. The number of hydrogen-bond acceptors (Lipinski definition) is 3. The van der Waals surface area contributed by atoms with Crippen molar-refractivity contribution < 1.29 is 13.9 Å². The molecule has 0 saturated heterocycles. The highest BCUT2D eigenvalue weighted by Gasteiger charge is 2.10. The van der Waals surface area contributed by atoms with E-state index in [0.717, 1.165) is 5.56 Å². The van der Waals surface area contributed by atoms with Crippen LogP contribution in [0.2, 0.25) is 5.02 Å². The number of nitrogens with one attached hydrogen (secondary N) is 1. The molecule has 0 fully saturated rings. The Hall–Kier alpha value is -1.94. The van der Waals surface area contributed by atoms with Gasteiger partial charge in [-0.3, -0.25) is 0 Å². The Morgan fingerprint density at radius 2 is 1.95 bits per heavy atom. The lowest BCUT2D eigenvalue weighted by atomic mass is 10.2. The highest BCUT2D eigenvalue weighted by Crippen LogP contribution is 2.36. The van der Waals surface area contributed by atoms with Crippen LogP contribution in [0, 0.1) is 5.82 Å². The lowest BCUT2D eigenvalue weighted by Crippen LogP contribution is -2.01. The van der Waals surface area contributed by atoms with Crippen LogP contribution < -0.4 is 14.8 Å². The third-order valence-electron chi connectivity index (χ3n) is 2.81. The van der Waals surface area contributed by atoms with Gasteiger partial charge in [-0.2, -0.15) is 0 Å². The summed E-state index contributed by atoms with van der Waals surface area (Å²) in [5.74, 6) is 0.792. The summed E-state index contributed by atoms with van der Waals surface area (Å²) in [5, 5.41) is 3.60. The maximum absolute atomic E-state index is 13.1. The third-order valence-corrected chi connectivity index (χ3v) is 3.10. The molecule has 0 atom stereocenters. The third kappa shape index (κ3) is 3.33. The van der Waals surface area contributed by atoms with Gasteiger partial charge in [-0.25, -0.2) is 4.39 Å². The summed E-state index contributed by atoms with van der Waals surface area (Å²) < 4.78 is 23.5. The van der Waals surface area contributed by atoms with Crippen molar-refractivity contribution >= 4 is 17.3 Å². The number of hydrogen-bond donors (Lipinski definition) is 1. The van der Waals surface area contributed by atoms with Crippen LogP contribution in [-0.4, -0.2) is 14.2 Å². The molecule has 106 valence electrons. The Bertz CT molecular complexity index is 604. The van der Waals surface area contributed by atoms with Gasteiger partial charge in [-0.05, 0) is 35.9 Å². The molecule has 0 amide bonds. The molecule has 2 aromatic rings. The smallest absolute Gasteiger partial charge is 0.179 e. The standard InChI is InChI=1S/C15H15ClFNO2/c1-19-14-7-10(6-13(16)15(14)20-2)9-18-12-5-3-4-11(17)8-12/h3-8,18H,9H2,1-2H3. The fourth-order valence-corrected chi connectivity index (χ4v) is 2.19. The minimum atomic E-state index is -0.277. The van der Waals surface area contributed by atoms with Gasteiger partial charge in [0.25, 0.3) is 0 Å². The SMILES string of the molecule is COc1cc(CNc2cccc(F)c2)cc(Cl)c1OC. The topological polar surface area (TPSA) is 30.5 Å². The molecule has 0 aliphatic carbocycles. The first-order chi connectivity index (χ1) is 9.63. The quantitative estimate of drug-likeness (QED) is 0.900. The maximum atomic E-state index is 13.1. The van der Waals surface area contributed by atoms with Crippen molar-refractivity contribution in [2.45, 2.75) is 6.54 Å². The monoisotopic (exact) mass is 295 g/mol. The molecule has 0 aliphatic heterocycles. The van der Waals surface area contributed by atoms with Crippen LogP contribution in [0.5, 0.6) is 11.5 Å². The van der Waals surface area contributed by atoms with Gasteiger partial charge in [0.2, 0.25) is 0 Å². The first-order valence-corrected chi connectivity index (χ1v) is 6.41. The molecule has 2 rings (SSSR count). The van der Waals surface area contributed by atoms with E-state index in [2.05, 4.69) is 5.32 Å². The lowest BCUT2D eigenvalue weighted by Gasteiger charge is -2.12. The van der Waals surface area contributed by atoms with Crippen molar-refractivity contribution in [2.75, 3.05) is 19.5 Å². The summed E-state index contributed by atoms with van der Waals surface area (Å²) in [5.41, 5.74) is 1.62. The van der Waals surface area contributed by atoms with Crippen molar-refractivity contribution in [3.05, 3.63) is 52.8 Å². The number of ether oxygens (including phenoxy) is 2. The van der Waals surface area contributed by atoms with Crippen LogP contribution in [0.4, 0.5) is 10.1 Å². The van der Waals surface area contributed by atoms with Crippen LogP contribution in [0.3, 0.4) is 0 Å². The predicted molar refractivity (Wildman–Crippen MR) is 78.3 cm³/mol. The average molecular weight is 296 g/mol. The molecule has 0 radical (unpaired) electrons. The Morgan fingerprint density at radius 3 is 2.60 bits per heavy atom. The van der Waals surface area contributed by atoms with Gasteiger partial charge in [-0.1, -0.05) is 17.7 Å². The summed E-state index contributed by atoms with van der Waals surface area (Å²) >= 11 is 6.13. The van der Waals surface area contributed by atoms with Gasteiger partial charge in [-0.15, -0.1) is 0 Å². The van der Waals surface area contributed by atoms with Crippen molar-refractivity contribution in [3.63, 3.8) is 0 Å². The molecular weight excluding hydrogens is 281 g/mol. The number of halogens is 2. The van der Waals surface area contributed by atoms with E-state index in [-0.39, 0.29) is 5.82 Å². The fourth-order valence-electron chi connectivity index (χ4n) is 1.88. The molecule has 0 unspecified atom stereocenters. The van der Waals surface area contributed by atoms with Gasteiger partial charge >= 0.3 is 0 Å². The summed E-state index contributed by atoms with van der Waals surface area (Å²) in [6, 6.07) is 9.90. The van der Waals surface area contributed by atoms with E-state index >= 15 is 0 Å². The van der Waals surface area contributed by atoms with Crippen molar-refractivity contribution in [2.24, 2.45) is 0 Å². The predicted octanol–water partition coefficient (Wildman–Crippen LogP) is 4.11. The molecule has 0 heterocycles. The van der Waals surface area contributed by atoms with E-state index in [4.69, 9.17) is 21.1 Å². The number of benzene rings is 2. The zero-order chi connectivity index (χ0) is 14.5. The molecular formula is C15H15ClFNO2. The molecule has 0 spiro atoms. The minimum Gasteiger partial charge on any atom is -0.493 e. The lowest BCUT2D eigenvalue weighted by molar-refractivity contribution is 0.355. The summed E-state index contributed by atoms with van der Waals surface area (Å²) in [6.07, 6.45) is 0. The molecule has 1 N–H and O–H groups in total. The highest BCUT2D eigenvalue weighted by atomic mass is 35.5. The largest absolute Gasteiger partial charge is 0.493 e. The Kier molecular flexibility index (Phi) is 4.69. The van der Waals surface area contributed by atoms with E-state index in [0.29, 0.717) is 28.8 Å². The summed E-state index contributed by atoms with van der Waals surface area (Å²) in [7, 11) is 3.09. The summed E-state index contributed by atoms with van der Waals surface area (Å²) in [4.78, 5) is 0. The normalized spacial score (nSPS) is 10.2. The summed E-state index contributed by atoms with van der Waals surface area (Å²) in [6.45, 7) is 0.503. The Morgan fingerprint density at radius 1 is 1.15 bits per heavy atom. The molecule has 0 aliphatic rings. The van der Waals surface area contributed by atoms with Gasteiger partial charge in [0.15, 0.2) is 11.5 Å². The van der Waals surface area contributed by atoms with Gasteiger partial charge in [0.05, 0.1) is 19.2 Å². The van der Waals surface area contributed by atoms with Crippen LogP contribution in [0.1, 0.15) is 5.56 Å². The second-order valence-corrected chi connectivity index (χ2v) is 4.58. The maximum Gasteiger partial charge on any atom is 0.179 e. The van der Waals surface area contributed by atoms with E-state index < -0.39 is 0 Å². The van der Waals surface area contributed by atoms with E-state index in [1.165, 1.54) is 19.2 Å². The van der Waals surface area contributed by atoms with Crippen LogP contribution in [-0.2, 0) is 6.54 Å². The second kappa shape index (κ2) is 6.48. The fraction of sp³-hybridized carbons (Fsp3) is 0.200. The zero-order valence-corrected chi connectivity index (χ0v) is 12.0. The highest BCUT2D eigenvalue weighted by molar-refractivity contribution is 6.32. The van der Waals surface area contributed by atoms with Gasteiger partial charge < -0.3 is 14.8 Å². The first kappa shape index (κ1) is 14.5. The van der Waals surface area contributed by atoms with Crippen LogP contribution in [0.25, 0.3) is 0 Å². The van der Waals surface area contributed by atoms with E-state index in [9.17, 15) is 4.39 Å². The molecule has 0 aromatic heterocycles. The van der Waals surface area contributed by atoms with E-state index in [1.54, 1.807) is 25.3 Å². The molecule has 2 aromatic carbocycles. The second-order valence-electron chi connectivity index (χ2n) is 4.18. The number of rotatable bonds is 5. The van der Waals surface area contributed by atoms with Crippen molar-refractivity contribution in [1.82, 2.24) is 0 Å². The molecule has 0 bridgehead atoms. The Labute approximate surface area is 122 Å². The van der Waals surface area contributed by atoms with Gasteiger partial charge in [0, 0.05) is 12.2 Å². The molecule has 5 heteroatoms. The number of anilines is 1. The van der Waals surface area contributed by atoms with Gasteiger partial charge in [0.1, 0.15) is 5.82 Å². The molecule has 0 saturated carbocycles. The van der Waals surface area contributed by atoms with E-state index in [1.807, 2.05) is 6.07 Å². The molecule has 20 heavy (non-hydrogen) atoms.